The number of halogens is 2. The number of aromatic nitrogens is 2. The molecule has 1 atom stereocenters. The molecule has 6 heteroatoms. The summed E-state index contributed by atoms with van der Waals surface area (Å²) in [4.78, 5) is 13.9. The number of aryl methyl sites for hydroxylation is 1. The molecule has 0 saturated heterocycles. The summed E-state index contributed by atoms with van der Waals surface area (Å²) in [6.45, 7) is 5.55. The lowest BCUT2D eigenvalue weighted by Gasteiger charge is -2.24. The van der Waals surface area contributed by atoms with Crippen LogP contribution in [0.3, 0.4) is 0 Å². The van der Waals surface area contributed by atoms with Crippen LogP contribution in [0.4, 0.5) is 8.78 Å². The number of hydrogen-bond acceptors (Lipinski definition) is 3. The van der Waals surface area contributed by atoms with Crippen LogP contribution in [0, 0.1) is 18.6 Å². The number of hydrogen-bond donors (Lipinski definition) is 1. The number of benzene rings is 3. The zero-order valence-electron chi connectivity index (χ0n) is 19.3. The Morgan fingerprint density at radius 1 is 0.941 bits per heavy atom. The van der Waals surface area contributed by atoms with Crippen molar-refractivity contribution in [1.82, 2.24) is 9.78 Å². The second-order valence-electron chi connectivity index (χ2n) is 8.71. The highest BCUT2D eigenvalue weighted by Crippen LogP contribution is 2.36. The van der Waals surface area contributed by atoms with Crippen LogP contribution in [0.2, 0.25) is 0 Å². The van der Waals surface area contributed by atoms with Crippen LogP contribution in [-0.4, -0.2) is 14.9 Å². The van der Waals surface area contributed by atoms with Crippen LogP contribution >= 0.6 is 0 Å². The first-order chi connectivity index (χ1) is 16.2. The van der Waals surface area contributed by atoms with E-state index in [1.165, 1.54) is 28.9 Å². The summed E-state index contributed by atoms with van der Waals surface area (Å²) in [5.74, 6) is -1.32. The molecule has 0 aliphatic carbocycles. The zero-order chi connectivity index (χ0) is 24.4. The highest BCUT2D eigenvalue weighted by atomic mass is 19.1. The van der Waals surface area contributed by atoms with Crippen LogP contribution in [0.15, 0.2) is 77.6 Å². The monoisotopic (exact) mass is 460 g/mol. The fourth-order valence-corrected chi connectivity index (χ4v) is 4.39. The number of phenols is 1. The Morgan fingerprint density at radius 2 is 1.62 bits per heavy atom. The summed E-state index contributed by atoms with van der Waals surface area (Å²) < 4.78 is 29.8. The highest BCUT2D eigenvalue weighted by Gasteiger charge is 2.27. The second-order valence-corrected chi connectivity index (χ2v) is 8.71. The molecule has 4 rings (SSSR count). The maximum absolute atomic E-state index is 14.3. The molecule has 0 radical (unpaired) electrons. The molecule has 174 valence electrons. The van der Waals surface area contributed by atoms with Crippen molar-refractivity contribution in [2.24, 2.45) is 0 Å². The molecule has 0 fully saturated rings. The number of phenolic OH excluding ortho intramolecular Hbond substituents is 1. The SMILES string of the molecule is Cc1nn(C(C)C)c(=O)c(C(Cc2cccc(F)c2)c2cccc(F)c2)c1-c1cccc(O)c1. The molecule has 0 aliphatic rings. The first kappa shape index (κ1) is 23.4. The van der Waals surface area contributed by atoms with E-state index < -0.39 is 11.7 Å². The van der Waals surface area contributed by atoms with Crippen molar-refractivity contribution in [2.75, 3.05) is 0 Å². The van der Waals surface area contributed by atoms with Crippen molar-refractivity contribution < 1.29 is 13.9 Å². The van der Waals surface area contributed by atoms with Gasteiger partial charge in [-0.15, -0.1) is 0 Å². The average Bonchev–Trinajstić information content (AvgIpc) is 2.78. The first-order valence-electron chi connectivity index (χ1n) is 11.2. The normalized spacial score (nSPS) is 12.2. The fraction of sp³-hybridized carbons (Fsp3) is 0.214. The third kappa shape index (κ3) is 4.76. The Kier molecular flexibility index (Phi) is 6.59. The molecule has 34 heavy (non-hydrogen) atoms. The molecule has 0 spiro atoms. The summed E-state index contributed by atoms with van der Waals surface area (Å²) in [5, 5.41) is 14.7. The molecule has 1 aromatic heterocycles. The summed E-state index contributed by atoms with van der Waals surface area (Å²) in [5.41, 5.74) is 3.24. The van der Waals surface area contributed by atoms with Gasteiger partial charge in [0.25, 0.3) is 5.56 Å². The van der Waals surface area contributed by atoms with Gasteiger partial charge in [-0.05, 0) is 80.3 Å². The van der Waals surface area contributed by atoms with Gasteiger partial charge in [-0.3, -0.25) is 4.79 Å². The Bertz CT molecular complexity index is 1400. The average molecular weight is 461 g/mol. The molecule has 0 amide bonds. The largest absolute Gasteiger partial charge is 0.508 e. The molecule has 3 aromatic carbocycles. The van der Waals surface area contributed by atoms with E-state index in [1.807, 2.05) is 20.8 Å². The van der Waals surface area contributed by atoms with Crippen molar-refractivity contribution in [1.29, 1.82) is 0 Å². The van der Waals surface area contributed by atoms with Crippen LogP contribution in [0.25, 0.3) is 11.1 Å². The van der Waals surface area contributed by atoms with Crippen molar-refractivity contribution in [3.05, 3.63) is 117 Å². The lowest BCUT2D eigenvalue weighted by Crippen LogP contribution is -2.32. The maximum atomic E-state index is 14.3. The summed E-state index contributed by atoms with van der Waals surface area (Å²) >= 11 is 0. The minimum absolute atomic E-state index is 0.0586. The van der Waals surface area contributed by atoms with E-state index in [0.717, 1.165) is 0 Å². The third-order valence-corrected chi connectivity index (χ3v) is 5.88. The second kappa shape index (κ2) is 9.59. The lowest BCUT2D eigenvalue weighted by molar-refractivity contribution is 0.475. The van der Waals surface area contributed by atoms with Gasteiger partial charge < -0.3 is 5.11 Å². The number of rotatable bonds is 6. The summed E-state index contributed by atoms with van der Waals surface area (Å²) in [7, 11) is 0. The molecule has 4 aromatic rings. The standard InChI is InChI=1S/C28H26F2N2O2/c1-17(2)32-28(34)27(26(18(3)31-32)21-9-6-12-24(33)16-21)25(20-8-5-11-23(30)15-20)14-19-7-4-10-22(29)13-19/h4-13,15-17,25,33H,14H2,1-3H3. The summed E-state index contributed by atoms with van der Waals surface area (Å²) in [6.07, 6.45) is 0.282. The minimum atomic E-state index is -0.575. The minimum Gasteiger partial charge on any atom is -0.508 e. The maximum Gasteiger partial charge on any atom is 0.271 e. The predicted molar refractivity (Wildman–Crippen MR) is 129 cm³/mol. The molecular formula is C28H26F2N2O2. The van der Waals surface area contributed by atoms with Crippen molar-refractivity contribution in [3.63, 3.8) is 0 Å². The topological polar surface area (TPSA) is 55.1 Å². The van der Waals surface area contributed by atoms with Crippen molar-refractivity contribution in [3.8, 4) is 16.9 Å². The molecule has 0 bridgehead atoms. The quantitative estimate of drug-likeness (QED) is 0.375. The Labute approximate surface area is 197 Å². The van der Waals surface area contributed by atoms with Crippen LogP contribution in [0.1, 0.15) is 48.2 Å². The molecule has 1 N–H and O–H groups in total. The van der Waals surface area contributed by atoms with E-state index in [0.29, 0.717) is 33.5 Å². The Hall–Kier alpha value is -3.80. The predicted octanol–water partition coefficient (Wildman–Crippen LogP) is 6.16. The van der Waals surface area contributed by atoms with Gasteiger partial charge in [0, 0.05) is 17.0 Å². The van der Waals surface area contributed by atoms with E-state index in [1.54, 1.807) is 48.5 Å². The molecule has 1 unspecified atom stereocenters. The molecule has 0 saturated carbocycles. The number of nitrogens with zero attached hydrogens (tertiary/aromatic N) is 2. The Morgan fingerprint density at radius 3 is 2.26 bits per heavy atom. The van der Waals surface area contributed by atoms with E-state index >= 15 is 0 Å². The van der Waals surface area contributed by atoms with Crippen molar-refractivity contribution in [2.45, 2.75) is 39.2 Å². The lowest BCUT2D eigenvalue weighted by atomic mass is 9.82. The van der Waals surface area contributed by atoms with E-state index in [-0.39, 0.29) is 29.6 Å². The summed E-state index contributed by atoms with van der Waals surface area (Å²) in [6, 6.07) is 18.8. The van der Waals surface area contributed by atoms with Gasteiger partial charge >= 0.3 is 0 Å². The van der Waals surface area contributed by atoms with Gasteiger partial charge in [-0.2, -0.15) is 5.10 Å². The zero-order valence-corrected chi connectivity index (χ0v) is 19.3. The van der Waals surface area contributed by atoms with Gasteiger partial charge in [0.2, 0.25) is 0 Å². The molecule has 0 aliphatic heterocycles. The smallest absolute Gasteiger partial charge is 0.271 e. The molecule has 1 heterocycles. The van der Waals surface area contributed by atoms with Crippen LogP contribution in [0.5, 0.6) is 5.75 Å². The fourth-order valence-electron chi connectivity index (χ4n) is 4.39. The highest BCUT2D eigenvalue weighted by molar-refractivity contribution is 5.72. The van der Waals surface area contributed by atoms with Crippen LogP contribution in [-0.2, 0) is 6.42 Å². The Balaban J connectivity index is 2.05. The molecular weight excluding hydrogens is 434 g/mol. The third-order valence-electron chi connectivity index (χ3n) is 5.88. The van der Waals surface area contributed by atoms with Gasteiger partial charge in [0.1, 0.15) is 17.4 Å². The van der Waals surface area contributed by atoms with Gasteiger partial charge in [0.15, 0.2) is 0 Å². The molecule has 4 nitrogen and oxygen atoms in total. The first-order valence-corrected chi connectivity index (χ1v) is 11.2. The van der Waals surface area contributed by atoms with Gasteiger partial charge in [-0.25, -0.2) is 13.5 Å². The van der Waals surface area contributed by atoms with Gasteiger partial charge in [-0.1, -0.05) is 36.4 Å². The van der Waals surface area contributed by atoms with E-state index in [2.05, 4.69) is 5.10 Å². The van der Waals surface area contributed by atoms with E-state index in [4.69, 9.17) is 0 Å². The van der Waals surface area contributed by atoms with Gasteiger partial charge in [0.05, 0.1) is 11.7 Å². The number of aromatic hydroxyl groups is 1. The van der Waals surface area contributed by atoms with Crippen molar-refractivity contribution >= 4 is 0 Å². The van der Waals surface area contributed by atoms with E-state index in [9.17, 15) is 18.7 Å². The van der Waals surface area contributed by atoms with Crippen LogP contribution < -0.4 is 5.56 Å².